The number of aromatic nitrogens is 1. The summed E-state index contributed by atoms with van der Waals surface area (Å²) in [6.07, 6.45) is 1.25. The van der Waals surface area contributed by atoms with Crippen LogP contribution in [0.4, 0.5) is 0 Å². The largest absolute Gasteiger partial charge is 0.428 e. The lowest BCUT2D eigenvalue weighted by atomic mass is 10.1. The predicted molar refractivity (Wildman–Crippen MR) is 63.5 cm³/mol. The van der Waals surface area contributed by atoms with E-state index in [1.807, 2.05) is 0 Å². The van der Waals surface area contributed by atoms with E-state index in [0.717, 1.165) is 22.0 Å². The van der Waals surface area contributed by atoms with Gasteiger partial charge in [-0.05, 0) is 52.3 Å². The summed E-state index contributed by atoms with van der Waals surface area (Å²) in [6.45, 7) is 2.11. The third-order valence-electron chi connectivity index (χ3n) is 1.94. The summed E-state index contributed by atoms with van der Waals surface area (Å²) in [5.74, 6) is 0. The zero-order chi connectivity index (χ0) is 12.1. The number of carbonyl (C=O) groups excluding carboxylic acids is 2. The Morgan fingerprint density at radius 1 is 1.50 bits per heavy atom. The van der Waals surface area contributed by atoms with Crippen LogP contribution in [0.1, 0.15) is 12.5 Å². The van der Waals surface area contributed by atoms with Crippen molar-refractivity contribution < 1.29 is 14.0 Å². The van der Waals surface area contributed by atoms with E-state index in [1.54, 1.807) is 0 Å². The van der Waals surface area contributed by atoms with Gasteiger partial charge in [-0.2, -0.15) is 9.59 Å². The Balaban J connectivity index is 0.000000386. The Labute approximate surface area is 105 Å². The minimum absolute atomic E-state index is 0.250. The molecule has 1 heterocycles. The first kappa shape index (κ1) is 12.8. The van der Waals surface area contributed by atoms with Gasteiger partial charge >= 0.3 is 6.15 Å². The maximum atomic E-state index is 8.12. The molecule has 0 aliphatic heterocycles. The van der Waals surface area contributed by atoms with Crippen LogP contribution >= 0.6 is 28.1 Å². The van der Waals surface area contributed by atoms with Crippen molar-refractivity contribution in [3.8, 4) is 0 Å². The van der Waals surface area contributed by atoms with Crippen LogP contribution in [0.5, 0.6) is 0 Å². The van der Waals surface area contributed by atoms with Crippen LogP contribution in [0.3, 0.4) is 0 Å². The Morgan fingerprint density at radius 2 is 2.12 bits per heavy atom. The van der Waals surface area contributed by atoms with Gasteiger partial charge < -0.3 is 9.40 Å². The Bertz CT molecular complexity index is 581. The monoisotopic (exact) mass is 301 g/mol. The molecule has 0 unspecified atom stereocenters. The lowest BCUT2D eigenvalue weighted by Gasteiger charge is -1.97. The molecule has 0 bridgehead atoms. The fourth-order valence-electron chi connectivity index (χ4n) is 1.28. The second-order valence-corrected chi connectivity index (χ2v) is 4.13. The van der Waals surface area contributed by atoms with Crippen LogP contribution < -0.4 is 0 Å². The van der Waals surface area contributed by atoms with Crippen molar-refractivity contribution in [1.82, 2.24) is 4.98 Å². The van der Waals surface area contributed by atoms with Crippen LogP contribution in [-0.4, -0.2) is 11.1 Å². The minimum Gasteiger partial charge on any atom is -0.428 e. The molecule has 4 nitrogen and oxygen atoms in total. The second-order valence-electron chi connectivity index (χ2n) is 2.91. The normalized spacial score (nSPS) is 9.38. The summed E-state index contributed by atoms with van der Waals surface area (Å²) in [4.78, 5) is 19.7. The van der Waals surface area contributed by atoms with Crippen LogP contribution in [0.2, 0.25) is 0 Å². The first-order chi connectivity index (χ1) is 7.62. The maximum absolute atomic E-state index is 8.12. The number of nitrogens with one attached hydrogen (secondary N) is 1. The molecule has 84 valence electrons. The molecule has 16 heavy (non-hydrogen) atoms. The number of oxazole rings is 1. The quantitative estimate of drug-likeness (QED) is 0.821. The van der Waals surface area contributed by atoms with Crippen molar-refractivity contribution in [1.29, 1.82) is 0 Å². The molecule has 0 aliphatic rings. The van der Waals surface area contributed by atoms with Crippen molar-refractivity contribution in [3.05, 3.63) is 27.0 Å². The highest BCUT2D eigenvalue weighted by Gasteiger charge is 2.04. The average molecular weight is 302 g/mol. The standard InChI is InChI=1S/C9H8BrNOS.CO2/c1-2-5-3-6(10)8-7(4-5)11-9(13)12-8;2-1-3/h3-4H,2H2,1H3,(H,11,13);. The van der Waals surface area contributed by atoms with Crippen LogP contribution in [0, 0.1) is 4.84 Å². The molecule has 1 aromatic heterocycles. The summed E-state index contributed by atoms with van der Waals surface area (Å²) < 4.78 is 6.26. The third kappa shape index (κ3) is 2.88. The SMILES string of the molecule is CCc1cc(Br)c2oc(=S)[nH]c2c1.O=C=O. The number of H-pyrrole nitrogens is 1. The van der Waals surface area contributed by atoms with E-state index in [4.69, 9.17) is 26.2 Å². The first-order valence-electron chi connectivity index (χ1n) is 4.42. The predicted octanol–water partition coefficient (Wildman–Crippen LogP) is 3.23. The lowest BCUT2D eigenvalue weighted by Crippen LogP contribution is -1.80. The number of halogens is 1. The van der Waals surface area contributed by atoms with Gasteiger partial charge in [-0.15, -0.1) is 0 Å². The van der Waals surface area contributed by atoms with Crippen molar-refractivity contribution in [3.63, 3.8) is 0 Å². The van der Waals surface area contributed by atoms with Gasteiger partial charge in [0.15, 0.2) is 5.58 Å². The van der Waals surface area contributed by atoms with Crippen molar-refractivity contribution in [2.75, 3.05) is 0 Å². The van der Waals surface area contributed by atoms with Crippen molar-refractivity contribution >= 4 is 45.4 Å². The molecule has 2 aromatic rings. The smallest absolute Gasteiger partial charge is 0.373 e. The molecule has 0 saturated carbocycles. The van der Waals surface area contributed by atoms with E-state index in [-0.39, 0.29) is 6.15 Å². The molecular weight excluding hydrogens is 294 g/mol. The summed E-state index contributed by atoms with van der Waals surface area (Å²) in [5.41, 5.74) is 3.00. The van der Waals surface area contributed by atoms with E-state index >= 15 is 0 Å². The highest BCUT2D eigenvalue weighted by molar-refractivity contribution is 9.10. The van der Waals surface area contributed by atoms with E-state index in [0.29, 0.717) is 4.84 Å². The Morgan fingerprint density at radius 3 is 2.69 bits per heavy atom. The molecule has 6 heteroatoms. The fraction of sp³-hybridized carbons (Fsp3) is 0.200. The van der Waals surface area contributed by atoms with Gasteiger partial charge in [0.05, 0.1) is 9.99 Å². The molecule has 0 fully saturated rings. The summed E-state index contributed by atoms with van der Waals surface area (Å²) >= 11 is 8.35. The van der Waals surface area contributed by atoms with Gasteiger partial charge in [0, 0.05) is 0 Å². The molecular formula is C10H8BrNO3S. The maximum Gasteiger partial charge on any atom is 0.373 e. The van der Waals surface area contributed by atoms with Crippen LogP contribution in [0.15, 0.2) is 21.0 Å². The molecule has 0 amide bonds. The number of benzene rings is 1. The number of hydrogen-bond acceptors (Lipinski definition) is 4. The number of fused-ring (bicyclic) bond motifs is 1. The van der Waals surface area contributed by atoms with Gasteiger partial charge in [-0.3, -0.25) is 0 Å². The Kier molecular flexibility index (Phi) is 4.61. The molecule has 0 saturated heterocycles. The second kappa shape index (κ2) is 5.75. The summed E-state index contributed by atoms with van der Waals surface area (Å²) in [7, 11) is 0. The van der Waals surface area contributed by atoms with Crippen molar-refractivity contribution in [2.45, 2.75) is 13.3 Å². The number of aromatic amines is 1. The van der Waals surface area contributed by atoms with Crippen molar-refractivity contribution in [2.24, 2.45) is 0 Å². The van der Waals surface area contributed by atoms with Gasteiger partial charge in [-0.25, -0.2) is 0 Å². The number of aryl methyl sites for hydroxylation is 1. The highest BCUT2D eigenvalue weighted by atomic mass is 79.9. The average Bonchev–Trinajstić information content (AvgIpc) is 2.60. The van der Waals surface area contributed by atoms with Crippen LogP contribution in [0.25, 0.3) is 11.1 Å². The van der Waals surface area contributed by atoms with Gasteiger partial charge in [0.1, 0.15) is 0 Å². The molecule has 0 spiro atoms. The fourth-order valence-corrected chi connectivity index (χ4v) is 2.06. The van der Waals surface area contributed by atoms with Crippen LogP contribution in [-0.2, 0) is 16.0 Å². The number of rotatable bonds is 1. The minimum atomic E-state index is 0.250. The first-order valence-corrected chi connectivity index (χ1v) is 5.63. The van der Waals surface area contributed by atoms with E-state index < -0.39 is 0 Å². The number of hydrogen-bond donors (Lipinski definition) is 1. The van der Waals surface area contributed by atoms with Gasteiger partial charge in [-0.1, -0.05) is 6.92 Å². The molecule has 0 atom stereocenters. The molecule has 0 aliphatic carbocycles. The summed E-state index contributed by atoms with van der Waals surface area (Å²) in [6, 6.07) is 4.11. The van der Waals surface area contributed by atoms with E-state index in [1.165, 1.54) is 5.56 Å². The molecule has 1 aromatic carbocycles. The van der Waals surface area contributed by atoms with E-state index in [9.17, 15) is 0 Å². The third-order valence-corrected chi connectivity index (χ3v) is 2.72. The van der Waals surface area contributed by atoms with E-state index in [2.05, 4.69) is 40.0 Å². The molecule has 2 rings (SSSR count). The topological polar surface area (TPSA) is 63.1 Å². The zero-order valence-corrected chi connectivity index (χ0v) is 10.8. The zero-order valence-electron chi connectivity index (χ0n) is 8.37. The molecule has 0 radical (unpaired) electrons. The van der Waals surface area contributed by atoms with Gasteiger partial charge in [0.2, 0.25) is 0 Å². The Hall–Kier alpha value is -1.23. The summed E-state index contributed by atoms with van der Waals surface area (Å²) in [5, 5.41) is 0. The molecule has 1 N–H and O–H groups in total. The van der Waals surface area contributed by atoms with Gasteiger partial charge in [0.25, 0.3) is 4.84 Å². The highest BCUT2D eigenvalue weighted by Crippen LogP contribution is 2.25. The lowest BCUT2D eigenvalue weighted by molar-refractivity contribution is -0.191.